The van der Waals surface area contributed by atoms with Crippen LogP contribution < -0.4 is 85.6 Å². The molecule has 0 saturated carbocycles. The number of benzene rings is 3. The van der Waals surface area contributed by atoms with Gasteiger partial charge in [0.25, 0.3) is 0 Å². The number of thioether (sulfide) groups is 3. The fraction of sp³-hybridized carbons (Fsp3) is 0.250. The van der Waals surface area contributed by atoms with Gasteiger partial charge in [-0.25, -0.2) is 0 Å². The highest BCUT2D eigenvalue weighted by molar-refractivity contribution is 14.1. The molecule has 9 rings (SSSR count). The second-order valence-electron chi connectivity index (χ2n) is 11.2. The molecule has 0 fully saturated rings. The van der Waals surface area contributed by atoms with E-state index in [1.165, 1.54) is 78.3 Å². The van der Waals surface area contributed by atoms with Gasteiger partial charge in [0.15, 0.2) is 18.1 Å². The number of fused-ring (bicyclic) bond motifs is 9. The van der Waals surface area contributed by atoms with Crippen LogP contribution in [0.5, 0.6) is 0 Å². The van der Waals surface area contributed by atoms with E-state index in [0.717, 1.165) is 0 Å². The Balaban J connectivity index is 0.000000158. The van der Waals surface area contributed by atoms with E-state index in [1.54, 1.807) is 0 Å². The average Bonchev–Trinajstić information content (AvgIpc) is 3.85. The van der Waals surface area contributed by atoms with Crippen LogP contribution >= 0.6 is 103 Å². The van der Waals surface area contributed by atoms with Crippen molar-refractivity contribution in [3.8, 4) is 0 Å². The minimum absolute atomic E-state index is 0. The first-order chi connectivity index (χ1) is 22.2. The van der Waals surface area contributed by atoms with Gasteiger partial charge in [0.05, 0.1) is 30.5 Å². The van der Waals surface area contributed by atoms with Crippen molar-refractivity contribution in [1.82, 2.24) is 0 Å². The van der Waals surface area contributed by atoms with Crippen molar-refractivity contribution in [2.75, 3.05) is 30.5 Å². The van der Waals surface area contributed by atoms with E-state index in [-0.39, 0.29) is 71.9 Å². The van der Waals surface area contributed by atoms with Crippen LogP contribution in [0.15, 0.2) is 124 Å². The SMILES string of the molecule is ICC1CSc2ccc3ccccc3[n+]21.ICC1CSc2ccc3ccccc3[n+]21.ICC1CSc2ccc3ccccc3[n+]21.[I-].[I-].[I-]. The number of para-hydroxylation sites is 3. The molecule has 0 radical (unpaired) electrons. The summed E-state index contributed by atoms with van der Waals surface area (Å²) in [4.78, 5) is 0. The van der Waals surface area contributed by atoms with Gasteiger partial charge in [-0.1, -0.05) is 139 Å². The lowest BCUT2D eigenvalue weighted by atomic mass is 10.2. The molecule has 3 nitrogen and oxygen atoms in total. The summed E-state index contributed by atoms with van der Waals surface area (Å²) in [6.45, 7) is 0. The highest BCUT2D eigenvalue weighted by Gasteiger charge is 2.34. The van der Waals surface area contributed by atoms with Gasteiger partial charge >= 0.3 is 0 Å². The van der Waals surface area contributed by atoms with Crippen LogP contribution in [-0.4, -0.2) is 30.5 Å². The zero-order valence-electron chi connectivity index (χ0n) is 25.7. The van der Waals surface area contributed by atoms with Crippen LogP contribution in [0.2, 0.25) is 0 Å². The van der Waals surface area contributed by atoms with Gasteiger partial charge in [-0.3, -0.25) is 0 Å². The molecule has 6 heterocycles. The molecule has 48 heavy (non-hydrogen) atoms. The molecule has 6 aromatic rings. The van der Waals surface area contributed by atoms with Gasteiger partial charge in [-0.2, -0.15) is 13.7 Å². The van der Waals surface area contributed by atoms with Crippen molar-refractivity contribution in [2.24, 2.45) is 0 Å². The number of pyridine rings is 3. The Morgan fingerprint density at radius 3 is 0.958 bits per heavy atom. The number of nitrogens with zero attached hydrogens (tertiary/aromatic N) is 3. The third-order valence-corrected chi connectivity index (χ3v) is 15.0. The molecule has 3 aromatic heterocycles. The fourth-order valence-electron chi connectivity index (χ4n) is 6.22. The van der Waals surface area contributed by atoms with Crippen LogP contribution in [0.4, 0.5) is 0 Å². The lowest BCUT2D eigenvalue weighted by molar-refractivity contribution is -0.718. The van der Waals surface area contributed by atoms with Crippen LogP contribution in [0.3, 0.4) is 0 Å². The zero-order valence-corrected chi connectivity index (χ0v) is 41.1. The topological polar surface area (TPSA) is 11.6 Å². The van der Waals surface area contributed by atoms with Crippen molar-refractivity contribution < 1.29 is 85.6 Å². The fourth-order valence-corrected chi connectivity index (χ4v) is 13.1. The Kier molecular flexibility index (Phi) is 17.6. The molecule has 3 aromatic carbocycles. The largest absolute Gasteiger partial charge is 1.00 e. The maximum Gasteiger partial charge on any atom is 0.241 e. The van der Waals surface area contributed by atoms with Crippen molar-refractivity contribution >= 4 is 136 Å². The number of aromatic nitrogens is 3. The Labute approximate surface area is 388 Å². The van der Waals surface area contributed by atoms with Gasteiger partial charge < -0.3 is 71.9 Å². The monoisotopic (exact) mass is 1360 g/mol. The highest BCUT2D eigenvalue weighted by atomic mass is 127. The van der Waals surface area contributed by atoms with Gasteiger partial charge in [-0.15, -0.1) is 0 Å². The van der Waals surface area contributed by atoms with Crippen LogP contribution in [0, 0.1) is 0 Å². The minimum atomic E-state index is 0. The Morgan fingerprint density at radius 1 is 0.417 bits per heavy atom. The molecule has 12 heteroatoms. The van der Waals surface area contributed by atoms with E-state index < -0.39 is 0 Å². The Hall–Kier alpha value is 1.32. The minimum Gasteiger partial charge on any atom is -1.00 e. The third-order valence-electron chi connectivity index (χ3n) is 8.42. The summed E-state index contributed by atoms with van der Waals surface area (Å²) in [5.74, 6) is 3.66. The van der Waals surface area contributed by atoms with Crippen molar-refractivity contribution in [3.63, 3.8) is 0 Å². The van der Waals surface area contributed by atoms with Crippen LogP contribution in [0.1, 0.15) is 18.1 Å². The number of hydrogen-bond acceptors (Lipinski definition) is 3. The standard InChI is InChI=1S/3C12H11INS.3HI/c3*13-7-10-8-15-12-6-5-9-3-1-2-4-11(9)14(10)12;;;/h3*1-6,10H,7-8H2;3*1H/q3*+1;;;/p-3. The maximum absolute atomic E-state index is 2.49. The molecule has 3 aliphatic heterocycles. The number of halogens is 6. The lowest BCUT2D eigenvalue weighted by Gasteiger charge is -2.04. The van der Waals surface area contributed by atoms with Gasteiger partial charge in [-0.05, 0) is 36.4 Å². The van der Waals surface area contributed by atoms with Crippen molar-refractivity contribution in [2.45, 2.75) is 33.2 Å². The molecular weight excluding hydrogens is 1330 g/mol. The van der Waals surface area contributed by atoms with E-state index in [4.69, 9.17) is 0 Å². The smallest absolute Gasteiger partial charge is 0.241 e. The molecule has 0 N–H and O–H groups in total. The first-order valence-corrected chi connectivity index (χ1v) is 22.6. The second kappa shape index (κ2) is 20.1. The molecule has 0 aliphatic carbocycles. The molecule has 0 amide bonds. The summed E-state index contributed by atoms with van der Waals surface area (Å²) in [6, 6.07) is 41.4. The number of alkyl halides is 3. The maximum atomic E-state index is 2.49. The predicted octanol–water partition coefficient (Wildman–Crippen LogP) is 0.639. The normalized spacial score (nSPS) is 18.2. The van der Waals surface area contributed by atoms with Crippen LogP contribution in [0.25, 0.3) is 32.7 Å². The van der Waals surface area contributed by atoms with Crippen molar-refractivity contribution in [1.29, 1.82) is 0 Å². The number of hydrogen-bond donors (Lipinski definition) is 0. The predicted molar refractivity (Wildman–Crippen MR) is 218 cm³/mol. The molecule has 3 aliphatic rings. The summed E-state index contributed by atoms with van der Waals surface area (Å²) in [5.41, 5.74) is 4.13. The molecule has 252 valence electrons. The summed E-state index contributed by atoms with van der Waals surface area (Å²) >= 11 is 13.4. The third kappa shape index (κ3) is 8.98. The quantitative estimate of drug-likeness (QED) is 0.147. The summed E-state index contributed by atoms with van der Waals surface area (Å²) in [5, 5.41) is 8.27. The van der Waals surface area contributed by atoms with E-state index in [9.17, 15) is 0 Å². The zero-order chi connectivity index (χ0) is 30.8. The van der Waals surface area contributed by atoms with Gasteiger partial charge in [0.1, 0.15) is 0 Å². The molecule has 3 atom stereocenters. The molecule has 3 unspecified atom stereocenters. The lowest BCUT2D eigenvalue weighted by Crippen LogP contribution is -3.00. The molecule has 0 bridgehead atoms. The van der Waals surface area contributed by atoms with E-state index in [1.807, 2.05) is 35.3 Å². The molecular formula is C36H33I6N3S3. The van der Waals surface area contributed by atoms with Gasteiger partial charge in [0, 0.05) is 52.6 Å². The summed E-state index contributed by atoms with van der Waals surface area (Å²) in [6.07, 6.45) is 0. The summed E-state index contributed by atoms with van der Waals surface area (Å²) < 4.78 is 11.1. The number of rotatable bonds is 3. The van der Waals surface area contributed by atoms with Gasteiger partial charge in [0.2, 0.25) is 31.6 Å². The van der Waals surface area contributed by atoms with Crippen molar-refractivity contribution in [3.05, 3.63) is 109 Å². The van der Waals surface area contributed by atoms with E-state index in [0.29, 0.717) is 18.1 Å². The Bertz CT molecular complexity index is 1770. The summed E-state index contributed by atoms with van der Waals surface area (Å²) in [7, 11) is 0. The highest BCUT2D eigenvalue weighted by Crippen LogP contribution is 2.32. The van der Waals surface area contributed by atoms with Crippen LogP contribution in [-0.2, 0) is 0 Å². The first kappa shape index (κ1) is 42.1. The first-order valence-electron chi connectivity index (χ1n) is 15.1. The molecule has 0 spiro atoms. The Morgan fingerprint density at radius 2 is 0.688 bits per heavy atom. The average molecular weight is 1370 g/mol. The molecule has 0 saturated heterocycles. The second-order valence-corrected chi connectivity index (χ2v) is 16.9. The van der Waals surface area contributed by atoms with E-state index in [2.05, 4.69) is 191 Å². The van der Waals surface area contributed by atoms with E-state index >= 15 is 0 Å².